The van der Waals surface area contributed by atoms with Gasteiger partial charge in [0.2, 0.25) is 5.91 Å². The number of nitrogens with zero attached hydrogens (tertiary/aromatic N) is 2. The molecule has 1 aromatic carbocycles. The lowest BCUT2D eigenvalue weighted by molar-refractivity contribution is -0.127. The fraction of sp³-hybridized carbons (Fsp3) is 0.381. The summed E-state index contributed by atoms with van der Waals surface area (Å²) >= 11 is 0. The first-order valence-corrected chi connectivity index (χ1v) is 8.92. The molecule has 0 bridgehead atoms. The van der Waals surface area contributed by atoms with Crippen LogP contribution in [-0.2, 0) is 4.79 Å². The molecule has 2 heterocycles. The number of aliphatic hydroxyl groups excluding tert-OH is 1. The van der Waals surface area contributed by atoms with E-state index in [0.717, 1.165) is 42.0 Å². The van der Waals surface area contributed by atoms with Gasteiger partial charge in [0, 0.05) is 42.8 Å². The number of amides is 1. The van der Waals surface area contributed by atoms with E-state index in [1.54, 1.807) is 6.08 Å². The van der Waals surface area contributed by atoms with Crippen LogP contribution in [0.15, 0.2) is 42.5 Å². The minimum Gasteiger partial charge on any atom is -0.396 e. The van der Waals surface area contributed by atoms with Crippen molar-refractivity contribution in [1.29, 1.82) is 0 Å². The number of aryl methyl sites for hydroxylation is 1. The van der Waals surface area contributed by atoms with Crippen LogP contribution in [-0.4, -0.2) is 40.2 Å². The number of rotatable bonds is 4. The average Bonchev–Trinajstić information content (AvgIpc) is 2.94. The summed E-state index contributed by atoms with van der Waals surface area (Å²) in [6.07, 6.45) is 5.54. The van der Waals surface area contributed by atoms with Crippen molar-refractivity contribution in [1.82, 2.24) is 9.47 Å². The maximum absolute atomic E-state index is 12.5. The monoisotopic (exact) mass is 338 g/mol. The molecule has 1 N–H and O–H groups in total. The third-order valence-electron chi connectivity index (χ3n) is 4.98. The number of piperidine rings is 1. The molecular formula is C21H26N2O2. The Morgan fingerprint density at radius 3 is 2.76 bits per heavy atom. The van der Waals surface area contributed by atoms with Gasteiger partial charge in [0.25, 0.3) is 0 Å². The zero-order chi connectivity index (χ0) is 17.8. The summed E-state index contributed by atoms with van der Waals surface area (Å²) in [4.78, 5) is 14.3. The van der Waals surface area contributed by atoms with Gasteiger partial charge in [-0.1, -0.05) is 18.2 Å². The molecule has 0 saturated carbocycles. The van der Waals surface area contributed by atoms with Gasteiger partial charge in [-0.15, -0.1) is 0 Å². The summed E-state index contributed by atoms with van der Waals surface area (Å²) in [7, 11) is 0. The van der Waals surface area contributed by atoms with E-state index in [1.807, 2.05) is 29.2 Å². The Kier molecular flexibility index (Phi) is 5.39. The Bertz CT molecular complexity index is 762. The summed E-state index contributed by atoms with van der Waals surface area (Å²) in [5.74, 6) is 0.247. The van der Waals surface area contributed by atoms with Gasteiger partial charge in [0.1, 0.15) is 0 Å². The third kappa shape index (κ3) is 3.85. The van der Waals surface area contributed by atoms with Crippen molar-refractivity contribution >= 4 is 12.0 Å². The van der Waals surface area contributed by atoms with Crippen molar-refractivity contribution in [3.05, 3.63) is 59.4 Å². The lowest BCUT2D eigenvalue weighted by Gasteiger charge is -2.31. The summed E-state index contributed by atoms with van der Waals surface area (Å²) < 4.78 is 2.20. The van der Waals surface area contributed by atoms with Crippen LogP contribution >= 0.6 is 0 Å². The second-order valence-electron chi connectivity index (χ2n) is 6.81. The molecule has 1 aliphatic heterocycles. The van der Waals surface area contributed by atoms with Crippen LogP contribution in [0.4, 0.5) is 0 Å². The van der Waals surface area contributed by atoms with Gasteiger partial charge in [-0.25, -0.2) is 0 Å². The Hall–Kier alpha value is -2.33. The van der Waals surface area contributed by atoms with Crippen molar-refractivity contribution in [3.63, 3.8) is 0 Å². The van der Waals surface area contributed by atoms with Gasteiger partial charge in [-0.05, 0) is 62.4 Å². The summed E-state index contributed by atoms with van der Waals surface area (Å²) in [5.41, 5.74) is 4.46. The van der Waals surface area contributed by atoms with Gasteiger partial charge in [-0.2, -0.15) is 0 Å². The van der Waals surface area contributed by atoms with Gasteiger partial charge in [0.05, 0.1) is 0 Å². The highest BCUT2D eigenvalue weighted by Crippen LogP contribution is 2.22. The Balaban J connectivity index is 1.77. The number of aromatic nitrogens is 1. The molecule has 1 amide bonds. The zero-order valence-corrected chi connectivity index (χ0v) is 15.0. The molecule has 25 heavy (non-hydrogen) atoms. The first kappa shape index (κ1) is 17.5. The molecule has 4 nitrogen and oxygen atoms in total. The van der Waals surface area contributed by atoms with E-state index >= 15 is 0 Å². The Morgan fingerprint density at radius 2 is 2.04 bits per heavy atom. The van der Waals surface area contributed by atoms with E-state index in [4.69, 9.17) is 0 Å². The van der Waals surface area contributed by atoms with E-state index in [2.05, 4.69) is 36.6 Å². The van der Waals surface area contributed by atoms with Gasteiger partial charge in [-0.3, -0.25) is 4.79 Å². The van der Waals surface area contributed by atoms with Crippen LogP contribution in [0.3, 0.4) is 0 Å². The van der Waals surface area contributed by atoms with Crippen molar-refractivity contribution in [2.75, 3.05) is 19.7 Å². The standard InChI is InChI=1S/C21H26N2O2/c1-16-13-19(17(2)23(16)20-8-4-3-5-9-20)10-11-21(25)22-12-6-7-18(14-22)15-24/h3-5,8-11,13,18,24H,6-7,12,14-15H2,1-2H3/b11-10+. The van der Waals surface area contributed by atoms with Crippen LogP contribution in [0.5, 0.6) is 0 Å². The van der Waals surface area contributed by atoms with E-state index in [-0.39, 0.29) is 18.4 Å². The molecule has 0 radical (unpaired) electrons. The smallest absolute Gasteiger partial charge is 0.246 e. The lowest BCUT2D eigenvalue weighted by Crippen LogP contribution is -2.40. The summed E-state index contributed by atoms with van der Waals surface area (Å²) in [6, 6.07) is 12.3. The highest BCUT2D eigenvalue weighted by molar-refractivity contribution is 5.92. The quantitative estimate of drug-likeness (QED) is 0.869. The molecule has 1 fully saturated rings. The van der Waals surface area contributed by atoms with E-state index in [9.17, 15) is 9.90 Å². The molecule has 1 aromatic heterocycles. The molecule has 4 heteroatoms. The molecular weight excluding hydrogens is 312 g/mol. The topological polar surface area (TPSA) is 45.5 Å². The van der Waals surface area contributed by atoms with Crippen molar-refractivity contribution < 1.29 is 9.90 Å². The average molecular weight is 338 g/mol. The molecule has 0 spiro atoms. The van der Waals surface area contributed by atoms with Gasteiger partial charge < -0.3 is 14.6 Å². The molecule has 3 rings (SSSR count). The van der Waals surface area contributed by atoms with Crippen LogP contribution < -0.4 is 0 Å². The molecule has 1 unspecified atom stereocenters. The van der Waals surface area contributed by atoms with Crippen LogP contribution in [0.1, 0.15) is 29.8 Å². The van der Waals surface area contributed by atoms with Crippen LogP contribution in [0.25, 0.3) is 11.8 Å². The van der Waals surface area contributed by atoms with Crippen molar-refractivity contribution in [2.45, 2.75) is 26.7 Å². The predicted molar refractivity (Wildman–Crippen MR) is 101 cm³/mol. The number of benzene rings is 1. The number of hydrogen-bond acceptors (Lipinski definition) is 2. The molecule has 1 saturated heterocycles. The number of carbonyl (C=O) groups excluding carboxylic acids is 1. The first-order chi connectivity index (χ1) is 12.1. The fourth-order valence-corrected chi connectivity index (χ4v) is 3.61. The molecule has 0 aliphatic carbocycles. The predicted octanol–water partition coefficient (Wildman–Crippen LogP) is 3.34. The zero-order valence-electron chi connectivity index (χ0n) is 15.0. The second-order valence-corrected chi connectivity index (χ2v) is 6.81. The first-order valence-electron chi connectivity index (χ1n) is 8.92. The van der Waals surface area contributed by atoms with Crippen LogP contribution in [0, 0.1) is 19.8 Å². The third-order valence-corrected chi connectivity index (χ3v) is 4.98. The second kappa shape index (κ2) is 7.70. The minimum atomic E-state index is 0.0302. The SMILES string of the molecule is Cc1cc(/C=C/C(=O)N2CCCC(CO)C2)c(C)n1-c1ccccc1. The largest absolute Gasteiger partial charge is 0.396 e. The van der Waals surface area contributed by atoms with E-state index < -0.39 is 0 Å². The Morgan fingerprint density at radius 1 is 1.28 bits per heavy atom. The van der Waals surface area contributed by atoms with E-state index in [1.165, 1.54) is 0 Å². The molecule has 2 aromatic rings. The number of carbonyl (C=O) groups is 1. The molecule has 132 valence electrons. The maximum atomic E-state index is 12.5. The number of aliphatic hydroxyl groups is 1. The highest BCUT2D eigenvalue weighted by Gasteiger charge is 2.21. The molecule has 1 atom stereocenters. The van der Waals surface area contributed by atoms with Crippen LogP contribution in [0.2, 0.25) is 0 Å². The normalized spacial score (nSPS) is 18.0. The number of para-hydroxylation sites is 1. The summed E-state index contributed by atoms with van der Waals surface area (Å²) in [6.45, 7) is 5.75. The van der Waals surface area contributed by atoms with Crippen molar-refractivity contribution in [2.24, 2.45) is 5.92 Å². The van der Waals surface area contributed by atoms with E-state index in [0.29, 0.717) is 6.54 Å². The van der Waals surface area contributed by atoms with Crippen molar-refractivity contribution in [3.8, 4) is 5.69 Å². The van der Waals surface area contributed by atoms with Gasteiger partial charge in [0.15, 0.2) is 0 Å². The number of likely N-dealkylation sites (tertiary alicyclic amines) is 1. The summed E-state index contributed by atoms with van der Waals surface area (Å²) in [5, 5.41) is 9.32. The number of hydrogen-bond donors (Lipinski definition) is 1. The Labute approximate surface area is 149 Å². The maximum Gasteiger partial charge on any atom is 0.246 e. The minimum absolute atomic E-state index is 0.0302. The fourth-order valence-electron chi connectivity index (χ4n) is 3.61. The van der Waals surface area contributed by atoms with Gasteiger partial charge >= 0.3 is 0 Å². The molecule has 1 aliphatic rings. The highest BCUT2D eigenvalue weighted by atomic mass is 16.3. The lowest BCUT2D eigenvalue weighted by atomic mass is 9.99.